The zero-order chi connectivity index (χ0) is 27.2. The molecule has 0 aromatic heterocycles. The maximum atomic E-state index is 2.56. The molecule has 0 saturated heterocycles. The van der Waals surface area contributed by atoms with Crippen molar-refractivity contribution in [3.8, 4) is 0 Å². The minimum Gasteiger partial charge on any atom is -0.0561 e. The van der Waals surface area contributed by atoms with Gasteiger partial charge in [-0.25, -0.2) is 0 Å². The van der Waals surface area contributed by atoms with E-state index in [1.165, 1.54) is 39.8 Å². The smallest absolute Gasteiger partial charge is 0.0129 e. The molecule has 0 bridgehead atoms. The lowest BCUT2D eigenvalue weighted by molar-refractivity contribution is 0.519. The van der Waals surface area contributed by atoms with E-state index in [0.717, 1.165) is 12.8 Å². The Kier molecular flexibility index (Phi) is 8.24. The minimum atomic E-state index is 0.135. The van der Waals surface area contributed by atoms with Gasteiger partial charge in [0.1, 0.15) is 0 Å². The first kappa shape index (κ1) is 29.7. The van der Waals surface area contributed by atoms with Gasteiger partial charge in [0.05, 0.1) is 0 Å². The van der Waals surface area contributed by atoms with E-state index in [0.29, 0.717) is 0 Å². The quantitative estimate of drug-likeness (QED) is 0.411. The van der Waals surface area contributed by atoms with Gasteiger partial charge >= 0.3 is 0 Å². The van der Waals surface area contributed by atoms with Crippen LogP contribution in [0.5, 0.6) is 0 Å². The Labute approximate surface area is 219 Å². The molecule has 0 atom stereocenters. The largest absolute Gasteiger partial charge is 0.0561 e. The van der Waals surface area contributed by atoms with E-state index in [9.17, 15) is 0 Å². The molecule has 0 saturated carbocycles. The van der Waals surface area contributed by atoms with Crippen molar-refractivity contribution in [3.05, 3.63) is 69.3 Å². The summed E-state index contributed by atoms with van der Waals surface area (Å²) in [5.74, 6) is 0. The highest BCUT2D eigenvalue weighted by molar-refractivity contribution is 5.47. The fourth-order valence-electron chi connectivity index (χ4n) is 4.98. The summed E-state index contributed by atoms with van der Waals surface area (Å²) in [5, 5.41) is 0. The van der Waals surface area contributed by atoms with Crippen molar-refractivity contribution in [1.29, 1.82) is 0 Å². The predicted octanol–water partition coefficient (Wildman–Crippen LogP) is 10.3. The monoisotopic (exact) mass is 476 g/mol. The standard InChI is InChI=1S/C35H56/c1-31(2,3)26-19-24(20-27(22-26)32(4,5)6)17-16-18-25-21-29(34(10,11)12)30(35(13,14)15)23-28(25)33(7,8)9/h19-23H,16-18H2,1-15H3. The summed E-state index contributed by atoms with van der Waals surface area (Å²) in [5.41, 5.74) is 11.2. The summed E-state index contributed by atoms with van der Waals surface area (Å²) in [6.07, 6.45) is 3.44. The highest BCUT2D eigenvalue weighted by atomic mass is 14.3. The van der Waals surface area contributed by atoms with Crippen molar-refractivity contribution in [2.75, 3.05) is 0 Å². The van der Waals surface area contributed by atoms with Crippen molar-refractivity contribution in [2.45, 2.75) is 150 Å². The Balaban J connectivity index is 2.48. The normalized spacial score (nSPS) is 13.9. The average Bonchev–Trinajstić information content (AvgIpc) is 2.63. The Bertz CT molecular complexity index is 980. The van der Waals surface area contributed by atoms with E-state index in [1.54, 1.807) is 5.56 Å². The van der Waals surface area contributed by atoms with Crippen LogP contribution < -0.4 is 0 Å². The van der Waals surface area contributed by atoms with Crippen LogP contribution >= 0.6 is 0 Å². The van der Waals surface area contributed by atoms with Crippen LogP contribution in [-0.2, 0) is 39.9 Å². The molecule has 0 spiro atoms. The first-order chi connectivity index (χ1) is 15.5. The SMILES string of the molecule is CC(C)(C)c1cc(CCCc2cc(C(C)(C)C)c(C(C)(C)C)cc2C(C)(C)C)cc(C(C)(C)C)c1. The molecule has 0 aliphatic rings. The second kappa shape index (κ2) is 9.72. The molecule has 35 heavy (non-hydrogen) atoms. The maximum Gasteiger partial charge on any atom is -0.0129 e. The van der Waals surface area contributed by atoms with E-state index in [2.05, 4.69) is 134 Å². The zero-order valence-electron chi connectivity index (χ0n) is 26.0. The molecule has 0 N–H and O–H groups in total. The molecular weight excluding hydrogens is 420 g/mol. The molecular formula is C35H56. The summed E-state index contributed by atoms with van der Waals surface area (Å²) in [6, 6.07) is 12.5. The van der Waals surface area contributed by atoms with Crippen LogP contribution in [0.2, 0.25) is 0 Å². The molecule has 0 amide bonds. The number of hydrogen-bond donors (Lipinski definition) is 0. The topological polar surface area (TPSA) is 0 Å². The van der Waals surface area contributed by atoms with Gasteiger partial charge in [0.15, 0.2) is 0 Å². The van der Waals surface area contributed by atoms with E-state index < -0.39 is 0 Å². The molecule has 0 heteroatoms. The minimum absolute atomic E-state index is 0.135. The highest BCUT2D eigenvalue weighted by Gasteiger charge is 2.29. The van der Waals surface area contributed by atoms with E-state index in [-0.39, 0.29) is 27.1 Å². The van der Waals surface area contributed by atoms with Crippen LogP contribution in [-0.4, -0.2) is 0 Å². The maximum absolute atomic E-state index is 2.56. The van der Waals surface area contributed by atoms with Gasteiger partial charge in [0, 0.05) is 0 Å². The van der Waals surface area contributed by atoms with E-state index >= 15 is 0 Å². The van der Waals surface area contributed by atoms with Gasteiger partial charge in [0.25, 0.3) is 0 Å². The Morgan fingerprint density at radius 3 is 1.17 bits per heavy atom. The van der Waals surface area contributed by atoms with Crippen LogP contribution in [0.3, 0.4) is 0 Å². The fraction of sp³-hybridized carbons (Fsp3) is 0.657. The first-order valence-electron chi connectivity index (χ1n) is 13.8. The molecule has 0 fully saturated rings. The van der Waals surface area contributed by atoms with Crippen LogP contribution in [0.4, 0.5) is 0 Å². The van der Waals surface area contributed by atoms with Gasteiger partial charge in [0.2, 0.25) is 0 Å². The van der Waals surface area contributed by atoms with Gasteiger partial charge in [-0.1, -0.05) is 134 Å². The summed E-state index contributed by atoms with van der Waals surface area (Å²) >= 11 is 0. The van der Waals surface area contributed by atoms with Gasteiger partial charge in [-0.3, -0.25) is 0 Å². The van der Waals surface area contributed by atoms with Crippen LogP contribution in [0.15, 0.2) is 30.3 Å². The third kappa shape index (κ3) is 7.71. The van der Waals surface area contributed by atoms with Crippen LogP contribution in [0.1, 0.15) is 149 Å². The molecule has 0 heterocycles. The molecule has 0 aliphatic heterocycles. The van der Waals surface area contributed by atoms with E-state index in [1.807, 2.05) is 0 Å². The third-order valence-corrected chi connectivity index (χ3v) is 7.30. The lowest BCUT2D eigenvalue weighted by Crippen LogP contribution is -2.25. The Hall–Kier alpha value is -1.56. The van der Waals surface area contributed by atoms with Crippen molar-refractivity contribution >= 4 is 0 Å². The number of rotatable bonds is 4. The third-order valence-electron chi connectivity index (χ3n) is 7.30. The molecule has 2 rings (SSSR count). The zero-order valence-corrected chi connectivity index (χ0v) is 26.0. The molecule has 2 aromatic rings. The van der Waals surface area contributed by atoms with Crippen molar-refractivity contribution < 1.29 is 0 Å². The van der Waals surface area contributed by atoms with Crippen LogP contribution in [0.25, 0.3) is 0 Å². The lowest BCUT2D eigenvalue weighted by Gasteiger charge is -2.34. The van der Waals surface area contributed by atoms with E-state index in [4.69, 9.17) is 0 Å². The Morgan fingerprint density at radius 2 is 0.800 bits per heavy atom. The van der Waals surface area contributed by atoms with Gasteiger partial charge < -0.3 is 0 Å². The second-order valence-corrected chi connectivity index (χ2v) is 16.1. The summed E-state index contributed by atoms with van der Waals surface area (Å²) in [6.45, 7) is 35.3. The van der Waals surface area contributed by atoms with Crippen molar-refractivity contribution in [2.24, 2.45) is 0 Å². The molecule has 2 aromatic carbocycles. The highest BCUT2D eigenvalue weighted by Crippen LogP contribution is 2.39. The average molecular weight is 477 g/mol. The van der Waals surface area contributed by atoms with Crippen LogP contribution in [0, 0.1) is 0 Å². The van der Waals surface area contributed by atoms with Gasteiger partial charge in [-0.2, -0.15) is 0 Å². The Morgan fingerprint density at radius 1 is 0.400 bits per heavy atom. The molecule has 0 aliphatic carbocycles. The van der Waals surface area contributed by atoms with Crippen molar-refractivity contribution in [3.63, 3.8) is 0 Å². The summed E-state index contributed by atoms with van der Waals surface area (Å²) in [4.78, 5) is 0. The molecule has 0 unspecified atom stereocenters. The molecule has 0 nitrogen and oxygen atoms in total. The summed E-state index contributed by atoms with van der Waals surface area (Å²) in [7, 11) is 0. The molecule has 196 valence electrons. The fourth-order valence-corrected chi connectivity index (χ4v) is 4.98. The van der Waals surface area contributed by atoms with Gasteiger partial charge in [-0.05, 0) is 85.3 Å². The lowest BCUT2D eigenvalue weighted by atomic mass is 9.70. The van der Waals surface area contributed by atoms with Gasteiger partial charge in [-0.15, -0.1) is 0 Å². The number of aryl methyl sites for hydroxylation is 2. The predicted molar refractivity (Wildman–Crippen MR) is 158 cm³/mol. The van der Waals surface area contributed by atoms with Crippen molar-refractivity contribution in [1.82, 2.24) is 0 Å². The summed E-state index contributed by atoms with van der Waals surface area (Å²) < 4.78 is 0. The number of benzene rings is 2. The molecule has 0 radical (unpaired) electrons. The number of hydrogen-bond acceptors (Lipinski definition) is 0. The first-order valence-corrected chi connectivity index (χ1v) is 13.8. The second-order valence-electron chi connectivity index (χ2n) is 16.1.